The van der Waals surface area contributed by atoms with Crippen molar-refractivity contribution in [3.8, 4) is 0 Å². The number of hydrogen-bond acceptors (Lipinski definition) is 3. The van der Waals surface area contributed by atoms with Gasteiger partial charge in [0.05, 0.1) is 11.6 Å². The van der Waals surface area contributed by atoms with Crippen LogP contribution in [0.4, 0.5) is 0 Å². The van der Waals surface area contributed by atoms with E-state index in [-0.39, 0.29) is 17.6 Å². The Balaban J connectivity index is 2.33. The standard InChI is InChI=1S/C10H10N2O/c1-7(13)9-6-11-12-10-5-3-2-4-8(9)10/h2-6,8-9H,1H3. The zero-order chi connectivity index (χ0) is 9.26. The molecule has 0 bridgehead atoms. The molecule has 2 unspecified atom stereocenters. The van der Waals surface area contributed by atoms with Gasteiger partial charge in [0.15, 0.2) is 0 Å². The van der Waals surface area contributed by atoms with Crippen LogP contribution in [0.2, 0.25) is 0 Å². The van der Waals surface area contributed by atoms with E-state index in [1.807, 2.05) is 24.3 Å². The molecule has 0 radical (unpaired) electrons. The van der Waals surface area contributed by atoms with E-state index in [1.54, 1.807) is 13.1 Å². The Bertz CT molecular complexity index is 350. The highest BCUT2D eigenvalue weighted by Gasteiger charge is 2.28. The molecule has 13 heavy (non-hydrogen) atoms. The van der Waals surface area contributed by atoms with Crippen molar-refractivity contribution in [3.05, 3.63) is 24.3 Å². The molecule has 1 aliphatic carbocycles. The van der Waals surface area contributed by atoms with Gasteiger partial charge in [0.2, 0.25) is 0 Å². The Hall–Kier alpha value is -1.51. The molecule has 0 amide bonds. The highest BCUT2D eigenvalue weighted by atomic mass is 16.1. The van der Waals surface area contributed by atoms with Crippen molar-refractivity contribution < 1.29 is 4.79 Å². The van der Waals surface area contributed by atoms with Crippen molar-refractivity contribution in [2.75, 3.05) is 0 Å². The second-order valence-corrected chi connectivity index (χ2v) is 3.20. The number of rotatable bonds is 1. The van der Waals surface area contributed by atoms with E-state index in [4.69, 9.17) is 0 Å². The monoisotopic (exact) mass is 174 g/mol. The molecule has 0 aromatic carbocycles. The normalized spacial score (nSPS) is 29.8. The van der Waals surface area contributed by atoms with Gasteiger partial charge in [0.25, 0.3) is 0 Å². The first-order valence-corrected chi connectivity index (χ1v) is 4.25. The Kier molecular flexibility index (Phi) is 1.93. The van der Waals surface area contributed by atoms with Crippen LogP contribution >= 0.6 is 0 Å². The van der Waals surface area contributed by atoms with Gasteiger partial charge in [-0.1, -0.05) is 18.2 Å². The summed E-state index contributed by atoms with van der Waals surface area (Å²) in [5.41, 5.74) is 0.880. The van der Waals surface area contributed by atoms with Crippen LogP contribution < -0.4 is 0 Å². The minimum atomic E-state index is -0.131. The molecule has 0 N–H and O–H groups in total. The number of carbonyl (C=O) groups excluding carboxylic acids is 1. The predicted octanol–water partition coefficient (Wildman–Crippen LogP) is 1.37. The summed E-state index contributed by atoms with van der Waals surface area (Å²) in [4.78, 5) is 11.2. The largest absolute Gasteiger partial charge is 0.299 e. The summed E-state index contributed by atoms with van der Waals surface area (Å²) in [6.45, 7) is 1.59. The van der Waals surface area contributed by atoms with E-state index in [1.165, 1.54) is 0 Å². The summed E-state index contributed by atoms with van der Waals surface area (Å²) in [6, 6.07) is 0. The van der Waals surface area contributed by atoms with Gasteiger partial charge in [-0.25, -0.2) is 0 Å². The lowest BCUT2D eigenvalue weighted by atomic mass is 9.83. The van der Waals surface area contributed by atoms with E-state index in [0.29, 0.717) is 0 Å². The Morgan fingerprint density at radius 2 is 2.31 bits per heavy atom. The van der Waals surface area contributed by atoms with Crippen LogP contribution in [0.25, 0.3) is 0 Å². The van der Waals surface area contributed by atoms with Crippen LogP contribution in [-0.2, 0) is 4.79 Å². The topological polar surface area (TPSA) is 41.8 Å². The summed E-state index contributed by atoms with van der Waals surface area (Å²) < 4.78 is 0. The SMILES string of the molecule is CC(=O)C1C=NN=C2C=CC=CC21. The average Bonchev–Trinajstić information content (AvgIpc) is 2.17. The van der Waals surface area contributed by atoms with Crippen molar-refractivity contribution in [1.29, 1.82) is 0 Å². The second-order valence-electron chi connectivity index (χ2n) is 3.20. The molecule has 0 fully saturated rings. The maximum atomic E-state index is 11.2. The summed E-state index contributed by atoms with van der Waals surface area (Å²) >= 11 is 0. The van der Waals surface area contributed by atoms with Crippen molar-refractivity contribution in [2.45, 2.75) is 6.92 Å². The van der Waals surface area contributed by atoms with E-state index >= 15 is 0 Å². The number of carbonyl (C=O) groups is 1. The molecule has 3 heteroatoms. The van der Waals surface area contributed by atoms with Crippen LogP contribution in [0.1, 0.15) is 6.92 Å². The first-order valence-electron chi connectivity index (χ1n) is 4.25. The van der Waals surface area contributed by atoms with Gasteiger partial charge < -0.3 is 0 Å². The molecular formula is C10H10N2O. The van der Waals surface area contributed by atoms with Crippen LogP contribution in [0.15, 0.2) is 34.5 Å². The number of fused-ring (bicyclic) bond motifs is 1. The lowest BCUT2D eigenvalue weighted by Crippen LogP contribution is -2.30. The van der Waals surface area contributed by atoms with Gasteiger partial charge in [-0.15, -0.1) is 0 Å². The highest BCUT2D eigenvalue weighted by molar-refractivity contribution is 6.08. The molecule has 0 saturated carbocycles. The third kappa shape index (κ3) is 1.37. The van der Waals surface area contributed by atoms with E-state index < -0.39 is 0 Å². The minimum Gasteiger partial charge on any atom is -0.299 e. The van der Waals surface area contributed by atoms with E-state index in [0.717, 1.165) is 5.71 Å². The number of hydrogen-bond donors (Lipinski definition) is 0. The third-order valence-corrected chi connectivity index (χ3v) is 2.29. The maximum Gasteiger partial charge on any atom is 0.139 e. The smallest absolute Gasteiger partial charge is 0.139 e. The highest BCUT2D eigenvalue weighted by Crippen LogP contribution is 2.22. The molecule has 0 spiro atoms. The van der Waals surface area contributed by atoms with Crippen molar-refractivity contribution in [1.82, 2.24) is 0 Å². The van der Waals surface area contributed by atoms with E-state index in [2.05, 4.69) is 10.2 Å². The Morgan fingerprint density at radius 1 is 1.46 bits per heavy atom. The fourth-order valence-electron chi connectivity index (χ4n) is 1.57. The van der Waals surface area contributed by atoms with Crippen LogP contribution in [0.5, 0.6) is 0 Å². The number of nitrogens with zero attached hydrogens (tertiary/aromatic N) is 2. The van der Waals surface area contributed by atoms with Gasteiger partial charge in [-0.3, -0.25) is 4.79 Å². The summed E-state index contributed by atoms with van der Waals surface area (Å²) in [6.07, 6.45) is 9.37. The van der Waals surface area contributed by atoms with Crippen LogP contribution in [-0.4, -0.2) is 17.7 Å². The maximum absolute atomic E-state index is 11.2. The number of allylic oxidation sites excluding steroid dienone is 4. The van der Waals surface area contributed by atoms with E-state index in [9.17, 15) is 4.79 Å². The molecule has 1 heterocycles. The summed E-state index contributed by atoms with van der Waals surface area (Å²) in [7, 11) is 0. The lowest BCUT2D eigenvalue weighted by Gasteiger charge is -2.22. The molecular weight excluding hydrogens is 164 g/mol. The first kappa shape index (κ1) is 8.10. The lowest BCUT2D eigenvalue weighted by molar-refractivity contribution is -0.119. The molecule has 2 rings (SSSR count). The molecule has 3 nitrogen and oxygen atoms in total. The van der Waals surface area contributed by atoms with Crippen LogP contribution in [0, 0.1) is 11.8 Å². The fraction of sp³-hybridized carbons (Fsp3) is 0.300. The predicted molar refractivity (Wildman–Crippen MR) is 51.9 cm³/mol. The van der Waals surface area contributed by atoms with Gasteiger partial charge in [0, 0.05) is 12.1 Å². The zero-order valence-corrected chi connectivity index (χ0v) is 7.34. The quantitative estimate of drug-likeness (QED) is 0.592. The molecule has 0 saturated heterocycles. The average molecular weight is 174 g/mol. The van der Waals surface area contributed by atoms with Gasteiger partial charge in [-0.2, -0.15) is 10.2 Å². The molecule has 2 aliphatic rings. The molecule has 1 aliphatic heterocycles. The fourth-order valence-corrected chi connectivity index (χ4v) is 1.57. The van der Waals surface area contributed by atoms with Gasteiger partial charge in [0.1, 0.15) is 5.78 Å². The van der Waals surface area contributed by atoms with Gasteiger partial charge in [-0.05, 0) is 13.0 Å². The Labute approximate surface area is 76.6 Å². The molecule has 2 atom stereocenters. The zero-order valence-electron chi connectivity index (χ0n) is 7.34. The number of Topliss-reactive ketones (excluding diaryl/α,β-unsaturated/α-hetero) is 1. The Morgan fingerprint density at radius 3 is 3.08 bits per heavy atom. The molecule has 0 aromatic rings. The molecule has 66 valence electrons. The van der Waals surface area contributed by atoms with Crippen LogP contribution in [0.3, 0.4) is 0 Å². The molecule has 0 aromatic heterocycles. The van der Waals surface area contributed by atoms with Crippen molar-refractivity contribution >= 4 is 17.7 Å². The van der Waals surface area contributed by atoms with Gasteiger partial charge >= 0.3 is 0 Å². The summed E-state index contributed by atoms with van der Waals surface area (Å²) in [5.74, 6) is 0.106. The third-order valence-electron chi connectivity index (χ3n) is 2.29. The first-order chi connectivity index (χ1) is 6.29. The number of ketones is 1. The van der Waals surface area contributed by atoms with Crippen molar-refractivity contribution in [3.63, 3.8) is 0 Å². The van der Waals surface area contributed by atoms with Crippen molar-refractivity contribution in [2.24, 2.45) is 22.0 Å². The minimum absolute atomic E-state index is 0.0972. The second kappa shape index (κ2) is 3.09. The summed E-state index contributed by atoms with van der Waals surface area (Å²) in [5, 5.41) is 7.80.